The Balaban J connectivity index is 1.30. The van der Waals surface area contributed by atoms with E-state index >= 15 is 0 Å². The molecule has 0 saturated heterocycles. The van der Waals surface area contributed by atoms with Crippen LogP contribution in [0.1, 0.15) is 0 Å². The number of anilines is 3. The molecule has 3 aromatic rings. The van der Waals surface area contributed by atoms with Crippen LogP contribution in [0, 0.1) is 0 Å². The molecule has 9 heteroatoms. The predicted molar refractivity (Wildman–Crippen MR) is 103 cm³/mol. The maximum atomic E-state index is 12.0. The molecule has 1 amide bonds. The van der Waals surface area contributed by atoms with Gasteiger partial charge in [-0.05, 0) is 48.5 Å². The van der Waals surface area contributed by atoms with Crippen LogP contribution in [0.3, 0.4) is 0 Å². The van der Waals surface area contributed by atoms with Gasteiger partial charge >= 0.3 is 0 Å². The van der Waals surface area contributed by atoms with Crippen molar-refractivity contribution in [1.82, 2.24) is 10.2 Å². The molecule has 0 unspecified atom stereocenters. The second kappa shape index (κ2) is 8.01. The lowest BCUT2D eigenvalue weighted by Crippen LogP contribution is -2.21. The van der Waals surface area contributed by atoms with Crippen LogP contribution in [0.2, 0.25) is 5.02 Å². The van der Waals surface area contributed by atoms with Crippen molar-refractivity contribution in [3.63, 3.8) is 0 Å². The number of nitrogens with one attached hydrogen (secondary N) is 2. The summed E-state index contributed by atoms with van der Waals surface area (Å²) in [6.07, 6.45) is 0. The van der Waals surface area contributed by atoms with Crippen LogP contribution in [-0.4, -0.2) is 29.5 Å². The number of ether oxygens (including phenoxy) is 3. The average Bonchev–Trinajstić information content (AvgIpc) is 3.17. The third kappa shape index (κ3) is 4.41. The van der Waals surface area contributed by atoms with Gasteiger partial charge in [0, 0.05) is 16.8 Å². The van der Waals surface area contributed by atoms with Crippen molar-refractivity contribution in [2.75, 3.05) is 24.0 Å². The highest BCUT2D eigenvalue weighted by Crippen LogP contribution is 2.34. The number of carbonyl (C=O) groups is 1. The van der Waals surface area contributed by atoms with Crippen molar-refractivity contribution in [2.24, 2.45) is 0 Å². The first-order chi connectivity index (χ1) is 13.7. The molecule has 0 bridgehead atoms. The van der Waals surface area contributed by atoms with Crippen molar-refractivity contribution in [2.45, 2.75) is 0 Å². The van der Waals surface area contributed by atoms with Gasteiger partial charge < -0.3 is 24.8 Å². The molecular weight excluding hydrogens is 384 g/mol. The molecule has 0 radical (unpaired) electrons. The molecule has 4 rings (SSSR count). The van der Waals surface area contributed by atoms with Gasteiger partial charge in [-0.25, -0.2) is 0 Å². The Kier molecular flexibility index (Phi) is 5.11. The summed E-state index contributed by atoms with van der Waals surface area (Å²) >= 11 is 5.80. The van der Waals surface area contributed by atoms with E-state index in [0.29, 0.717) is 33.9 Å². The number of halogens is 1. The SMILES string of the molecule is O=C(COc1ccc(Cl)cc1)Nc1ccc(Nc2ccc3c(c2)OCO3)nn1. The van der Waals surface area contributed by atoms with E-state index in [-0.39, 0.29) is 19.3 Å². The van der Waals surface area contributed by atoms with Gasteiger partial charge in [-0.1, -0.05) is 11.6 Å². The molecule has 0 spiro atoms. The average molecular weight is 399 g/mol. The van der Waals surface area contributed by atoms with Gasteiger partial charge in [-0.3, -0.25) is 4.79 Å². The first-order valence-corrected chi connectivity index (χ1v) is 8.72. The smallest absolute Gasteiger partial charge is 0.263 e. The van der Waals surface area contributed by atoms with Crippen LogP contribution in [0.15, 0.2) is 54.6 Å². The fraction of sp³-hybridized carbons (Fsp3) is 0.105. The lowest BCUT2D eigenvalue weighted by molar-refractivity contribution is -0.118. The number of fused-ring (bicyclic) bond motifs is 1. The van der Waals surface area contributed by atoms with Crippen LogP contribution >= 0.6 is 11.6 Å². The topological polar surface area (TPSA) is 94.6 Å². The molecule has 2 aromatic carbocycles. The predicted octanol–water partition coefficient (Wildman–Crippen LogP) is 3.62. The van der Waals surface area contributed by atoms with Crippen molar-refractivity contribution in [3.05, 3.63) is 59.6 Å². The molecule has 0 atom stereocenters. The number of carbonyl (C=O) groups excluding carboxylic acids is 1. The fourth-order valence-electron chi connectivity index (χ4n) is 2.45. The Bertz CT molecular complexity index is 980. The van der Waals surface area contributed by atoms with Crippen LogP contribution < -0.4 is 24.8 Å². The minimum absolute atomic E-state index is 0.152. The fourth-order valence-corrected chi connectivity index (χ4v) is 2.57. The van der Waals surface area contributed by atoms with Crippen molar-refractivity contribution in [3.8, 4) is 17.2 Å². The second-order valence-electron chi connectivity index (χ2n) is 5.79. The van der Waals surface area contributed by atoms with E-state index in [1.54, 1.807) is 36.4 Å². The first kappa shape index (κ1) is 17.9. The summed E-state index contributed by atoms with van der Waals surface area (Å²) < 4.78 is 16.0. The first-order valence-electron chi connectivity index (χ1n) is 8.34. The van der Waals surface area contributed by atoms with Crippen LogP contribution in [-0.2, 0) is 4.79 Å². The molecule has 0 aliphatic carbocycles. The third-order valence-electron chi connectivity index (χ3n) is 3.76. The Morgan fingerprint density at radius 3 is 2.54 bits per heavy atom. The van der Waals surface area contributed by atoms with E-state index in [1.807, 2.05) is 18.2 Å². The standard InChI is InChI=1S/C19H15ClN4O4/c20-12-1-4-14(5-2-12)26-10-19(25)22-18-8-7-17(23-24-18)21-13-3-6-15-16(9-13)28-11-27-15/h1-9H,10-11H2,(H,21,23)(H,22,24,25). The van der Waals surface area contributed by atoms with Crippen molar-refractivity contribution >= 4 is 34.8 Å². The molecule has 1 aliphatic rings. The van der Waals surface area contributed by atoms with Gasteiger partial charge in [-0.2, -0.15) is 0 Å². The number of hydrogen-bond acceptors (Lipinski definition) is 7. The van der Waals surface area contributed by atoms with E-state index in [9.17, 15) is 4.79 Å². The molecule has 28 heavy (non-hydrogen) atoms. The normalized spacial score (nSPS) is 11.8. The van der Waals surface area contributed by atoms with E-state index in [2.05, 4.69) is 20.8 Å². The maximum absolute atomic E-state index is 12.0. The number of benzene rings is 2. The number of amides is 1. The minimum atomic E-state index is -0.347. The number of hydrogen-bond donors (Lipinski definition) is 2. The molecule has 2 heterocycles. The number of rotatable bonds is 6. The summed E-state index contributed by atoms with van der Waals surface area (Å²) in [6, 6.07) is 15.6. The Morgan fingerprint density at radius 2 is 1.75 bits per heavy atom. The van der Waals surface area contributed by atoms with Crippen LogP contribution in [0.4, 0.5) is 17.3 Å². The zero-order chi connectivity index (χ0) is 19.3. The lowest BCUT2D eigenvalue weighted by atomic mass is 10.3. The Hall–Kier alpha value is -3.52. The number of aromatic nitrogens is 2. The van der Waals surface area contributed by atoms with Crippen LogP contribution in [0.5, 0.6) is 17.2 Å². The van der Waals surface area contributed by atoms with Gasteiger partial charge in [0.1, 0.15) is 5.75 Å². The summed E-state index contributed by atoms with van der Waals surface area (Å²) in [7, 11) is 0. The van der Waals surface area contributed by atoms with E-state index in [1.165, 1.54) is 0 Å². The van der Waals surface area contributed by atoms with E-state index in [0.717, 1.165) is 5.69 Å². The lowest BCUT2D eigenvalue weighted by Gasteiger charge is -2.08. The van der Waals surface area contributed by atoms with Crippen molar-refractivity contribution < 1.29 is 19.0 Å². The second-order valence-corrected chi connectivity index (χ2v) is 6.22. The minimum Gasteiger partial charge on any atom is -0.484 e. The van der Waals surface area contributed by atoms with Crippen molar-refractivity contribution in [1.29, 1.82) is 0 Å². The molecule has 0 saturated carbocycles. The molecule has 1 aliphatic heterocycles. The molecule has 0 fully saturated rings. The highest BCUT2D eigenvalue weighted by Gasteiger charge is 2.13. The molecule has 8 nitrogen and oxygen atoms in total. The third-order valence-corrected chi connectivity index (χ3v) is 4.01. The summed E-state index contributed by atoms with van der Waals surface area (Å²) in [4.78, 5) is 12.0. The summed E-state index contributed by atoms with van der Waals surface area (Å²) in [6.45, 7) is 0.0647. The van der Waals surface area contributed by atoms with Gasteiger partial charge in [0.25, 0.3) is 5.91 Å². The van der Waals surface area contributed by atoms with Gasteiger partial charge in [0.2, 0.25) is 6.79 Å². The summed E-state index contributed by atoms with van der Waals surface area (Å²) in [5.41, 5.74) is 0.784. The van der Waals surface area contributed by atoms with Gasteiger partial charge in [-0.15, -0.1) is 10.2 Å². The largest absolute Gasteiger partial charge is 0.484 e. The molecular formula is C19H15ClN4O4. The number of nitrogens with zero attached hydrogens (tertiary/aromatic N) is 2. The Labute approximate surface area is 165 Å². The van der Waals surface area contributed by atoms with Crippen LogP contribution in [0.25, 0.3) is 0 Å². The zero-order valence-electron chi connectivity index (χ0n) is 14.5. The molecule has 1 aromatic heterocycles. The monoisotopic (exact) mass is 398 g/mol. The zero-order valence-corrected chi connectivity index (χ0v) is 15.3. The van der Waals surface area contributed by atoms with E-state index < -0.39 is 0 Å². The molecule has 142 valence electrons. The van der Waals surface area contributed by atoms with E-state index in [4.69, 9.17) is 25.8 Å². The molecule has 2 N–H and O–H groups in total. The maximum Gasteiger partial charge on any atom is 0.263 e. The van der Waals surface area contributed by atoms with Gasteiger partial charge in [0.15, 0.2) is 29.7 Å². The quantitative estimate of drug-likeness (QED) is 0.654. The van der Waals surface area contributed by atoms with Gasteiger partial charge in [0.05, 0.1) is 0 Å². The summed E-state index contributed by atoms with van der Waals surface area (Å²) in [5, 5.41) is 14.4. The Morgan fingerprint density at radius 1 is 1.00 bits per heavy atom. The highest BCUT2D eigenvalue weighted by atomic mass is 35.5. The summed E-state index contributed by atoms with van der Waals surface area (Å²) in [5.74, 6) is 2.42. The highest BCUT2D eigenvalue weighted by molar-refractivity contribution is 6.30.